The fourth-order valence-corrected chi connectivity index (χ4v) is 5.07. The average Bonchev–Trinajstić information content (AvgIpc) is 2.85. The number of sulfonamides is 1. The summed E-state index contributed by atoms with van der Waals surface area (Å²) in [5.74, 6) is -0.764. The number of nitrogens with one attached hydrogen (secondary N) is 1. The minimum atomic E-state index is -3.79. The molecule has 0 aliphatic carbocycles. The molecule has 2 amide bonds. The maximum Gasteiger partial charge on any atom is 0.244 e. The second kappa shape index (κ2) is 12.5. The van der Waals surface area contributed by atoms with E-state index in [0.717, 1.165) is 32.8 Å². The van der Waals surface area contributed by atoms with Crippen LogP contribution in [-0.4, -0.2) is 49.5 Å². The molecule has 0 saturated carbocycles. The van der Waals surface area contributed by atoms with Crippen molar-refractivity contribution in [1.29, 1.82) is 0 Å². The molecule has 0 saturated heterocycles. The maximum absolute atomic E-state index is 14.1. The van der Waals surface area contributed by atoms with Crippen LogP contribution in [0.2, 0.25) is 0 Å². The van der Waals surface area contributed by atoms with Crippen molar-refractivity contribution >= 4 is 27.5 Å². The smallest absolute Gasteiger partial charge is 0.244 e. The third-order valence-corrected chi connectivity index (χ3v) is 7.38. The number of amides is 2. The number of anilines is 1. The molecular formula is C31H39N3O4S. The Hall–Kier alpha value is -3.65. The van der Waals surface area contributed by atoms with Gasteiger partial charge in [-0.1, -0.05) is 77.9 Å². The van der Waals surface area contributed by atoms with Crippen molar-refractivity contribution in [2.24, 2.45) is 0 Å². The molecule has 3 aromatic carbocycles. The number of aryl methyl sites for hydroxylation is 2. The Balaban J connectivity index is 2.06. The number of carbonyl (C=O) groups is 2. The monoisotopic (exact) mass is 549 g/mol. The second-order valence-electron chi connectivity index (χ2n) is 11.1. The van der Waals surface area contributed by atoms with Gasteiger partial charge in [0.05, 0.1) is 11.9 Å². The number of carbonyl (C=O) groups excluding carboxylic acids is 2. The lowest BCUT2D eigenvalue weighted by atomic mass is 10.0. The molecule has 0 aliphatic rings. The van der Waals surface area contributed by atoms with Gasteiger partial charge in [-0.25, -0.2) is 8.42 Å². The normalized spacial score (nSPS) is 12.5. The summed E-state index contributed by atoms with van der Waals surface area (Å²) in [7, 11) is -3.79. The van der Waals surface area contributed by atoms with Crippen molar-refractivity contribution in [1.82, 2.24) is 10.2 Å². The van der Waals surface area contributed by atoms with E-state index in [1.807, 2.05) is 89.2 Å². The van der Waals surface area contributed by atoms with Crippen LogP contribution in [0.5, 0.6) is 0 Å². The van der Waals surface area contributed by atoms with Crippen LogP contribution in [0, 0.1) is 13.8 Å². The van der Waals surface area contributed by atoms with E-state index < -0.39 is 34.1 Å². The van der Waals surface area contributed by atoms with Gasteiger partial charge in [0.2, 0.25) is 21.8 Å². The summed E-state index contributed by atoms with van der Waals surface area (Å²) in [5, 5.41) is 3.03. The predicted molar refractivity (Wildman–Crippen MR) is 157 cm³/mol. The Kier molecular flexibility index (Phi) is 9.56. The van der Waals surface area contributed by atoms with Crippen molar-refractivity contribution in [3.05, 3.63) is 101 Å². The Bertz CT molecular complexity index is 1360. The predicted octanol–water partition coefficient (Wildman–Crippen LogP) is 4.62. The van der Waals surface area contributed by atoms with Crippen LogP contribution in [0.25, 0.3) is 0 Å². The van der Waals surface area contributed by atoms with E-state index in [1.165, 1.54) is 4.90 Å². The molecule has 0 fully saturated rings. The summed E-state index contributed by atoms with van der Waals surface area (Å²) in [4.78, 5) is 29.3. The lowest BCUT2D eigenvalue weighted by Gasteiger charge is -2.35. The van der Waals surface area contributed by atoms with Crippen molar-refractivity contribution < 1.29 is 18.0 Å². The van der Waals surface area contributed by atoms with Gasteiger partial charge >= 0.3 is 0 Å². The van der Waals surface area contributed by atoms with Crippen LogP contribution in [0.4, 0.5) is 5.69 Å². The highest BCUT2D eigenvalue weighted by atomic mass is 32.2. The first kappa shape index (κ1) is 29.9. The summed E-state index contributed by atoms with van der Waals surface area (Å²) >= 11 is 0. The van der Waals surface area contributed by atoms with Gasteiger partial charge in [-0.05, 0) is 57.9 Å². The molecular weight excluding hydrogens is 510 g/mol. The minimum absolute atomic E-state index is 0.152. The molecule has 0 aliphatic heterocycles. The summed E-state index contributed by atoms with van der Waals surface area (Å²) < 4.78 is 26.8. The van der Waals surface area contributed by atoms with E-state index >= 15 is 0 Å². The van der Waals surface area contributed by atoms with Gasteiger partial charge in [-0.3, -0.25) is 13.9 Å². The van der Waals surface area contributed by atoms with Crippen LogP contribution in [-0.2, 0) is 32.6 Å². The van der Waals surface area contributed by atoms with Crippen LogP contribution in [0.15, 0.2) is 78.9 Å². The van der Waals surface area contributed by atoms with Crippen LogP contribution >= 0.6 is 0 Å². The van der Waals surface area contributed by atoms with Gasteiger partial charge in [0, 0.05) is 18.5 Å². The quantitative estimate of drug-likeness (QED) is 0.400. The summed E-state index contributed by atoms with van der Waals surface area (Å²) in [6.45, 7) is 9.28. The molecule has 7 nitrogen and oxygen atoms in total. The minimum Gasteiger partial charge on any atom is -0.350 e. The van der Waals surface area contributed by atoms with E-state index in [4.69, 9.17) is 0 Å². The average molecular weight is 550 g/mol. The third kappa shape index (κ3) is 8.96. The molecule has 8 heteroatoms. The third-order valence-electron chi connectivity index (χ3n) is 6.24. The Morgan fingerprint density at radius 1 is 0.821 bits per heavy atom. The van der Waals surface area contributed by atoms with E-state index in [2.05, 4.69) is 5.32 Å². The molecule has 0 aromatic heterocycles. The summed E-state index contributed by atoms with van der Waals surface area (Å²) in [6, 6.07) is 23.4. The van der Waals surface area contributed by atoms with E-state index in [9.17, 15) is 18.0 Å². The van der Waals surface area contributed by atoms with E-state index in [1.54, 1.807) is 24.3 Å². The van der Waals surface area contributed by atoms with E-state index in [-0.39, 0.29) is 18.9 Å². The Labute approximate surface area is 232 Å². The number of benzene rings is 3. The van der Waals surface area contributed by atoms with Gasteiger partial charge in [0.15, 0.2) is 0 Å². The topological polar surface area (TPSA) is 86.8 Å². The van der Waals surface area contributed by atoms with Crippen LogP contribution in [0.3, 0.4) is 0 Å². The summed E-state index contributed by atoms with van der Waals surface area (Å²) in [5.41, 5.74) is 3.66. The molecule has 0 bridgehead atoms. The van der Waals surface area contributed by atoms with Gasteiger partial charge in [0.25, 0.3) is 0 Å². The first-order chi connectivity index (χ1) is 18.2. The fraction of sp³-hybridized carbons (Fsp3) is 0.355. The van der Waals surface area contributed by atoms with Crippen LogP contribution < -0.4 is 9.62 Å². The molecule has 0 spiro atoms. The number of hydrogen-bond donors (Lipinski definition) is 1. The summed E-state index contributed by atoms with van der Waals surface area (Å²) in [6.07, 6.45) is 1.36. The van der Waals surface area contributed by atoms with Crippen molar-refractivity contribution in [2.75, 3.05) is 17.1 Å². The van der Waals surface area contributed by atoms with Gasteiger partial charge < -0.3 is 10.2 Å². The highest BCUT2D eigenvalue weighted by molar-refractivity contribution is 7.92. The molecule has 0 heterocycles. The molecule has 208 valence electrons. The molecule has 3 rings (SSSR count). The first-order valence-corrected chi connectivity index (χ1v) is 14.8. The Morgan fingerprint density at radius 2 is 1.36 bits per heavy atom. The lowest BCUT2D eigenvalue weighted by molar-refractivity contribution is -0.140. The highest BCUT2D eigenvalue weighted by Crippen LogP contribution is 2.21. The fourth-order valence-electron chi connectivity index (χ4n) is 4.22. The zero-order valence-corrected chi connectivity index (χ0v) is 24.5. The largest absolute Gasteiger partial charge is 0.350 e. The van der Waals surface area contributed by atoms with Crippen LogP contribution in [0.1, 0.15) is 43.0 Å². The molecule has 39 heavy (non-hydrogen) atoms. The molecule has 1 N–H and O–H groups in total. The molecule has 3 aromatic rings. The standard InChI is InChI=1S/C31H39N3O4S/c1-23-12-16-26(17-13-23)21-33(28(30(36)32-31(3,4)5)20-25-10-8-7-9-11-25)29(35)22-34(39(6,37)38)27-18-14-24(2)15-19-27/h7-19,28H,20-22H2,1-6H3,(H,32,36). The molecule has 1 unspecified atom stereocenters. The van der Waals surface area contributed by atoms with Gasteiger partial charge in [0.1, 0.15) is 12.6 Å². The van der Waals surface area contributed by atoms with Gasteiger partial charge in [-0.2, -0.15) is 0 Å². The van der Waals surface area contributed by atoms with Gasteiger partial charge in [-0.15, -0.1) is 0 Å². The second-order valence-corrected chi connectivity index (χ2v) is 13.0. The first-order valence-electron chi connectivity index (χ1n) is 13.0. The van der Waals surface area contributed by atoms with Crippen molar-refractivity contribution in [3.63, 3.8) is 0 Å². The number of rotatable bonds is 10. The Morgan fingerprint density at radius 3 is 1.87 bits per heavy atom. The molecule has 1 atom stereocenters. The van der Waals surface area contributed by atoms with E-state index in [0.29, 0.717) is 5.69 Å². The lowest BCUT2D eigenvalue weighted by Crippen LogP contribution is -2.56. The number of hydrogen-bond acceptors (Lipinski definition) is 4. The zero-order valence-electron chi connectivity index (χ0n) is 23.6. The maximum atomic E-state index is 14.1. The van der Waals surface area contributed by atoms with Crippen molar-refractivity contribution in [3.8, 4) is 0 Å². The van der Waals surface area contributed by atoms with Crippen molar-refractivity contribution in [2.45, 2.75) is 59.2 Å². The highest BCUT2D eigenvalue weighted by Gasteiger charge is 2.34. The zero-order chi connectivity index (χ0) is 28.8. The SMILES string of the molecule is Cc1ccc(CN(C(=O)CN(c2ccc(C)cc2)S(C)(=O)=O)C(Cc2ccccc2)C(=O)NC(C)(C)C)cc1. The number of nitrogens with zero attached hydrogens (tertiary/aromatic N) is 2. The molecule has 0 radical (unpaired) electrons.